The summed E-state index contributed by atoms with van der Waals surface area (Å²) in [5.41, 5.74) is 24.5. The van der Waals surface area contributed by atoms with Crippen molar-refractivity contribution >= 4 is 99.8 Å². The van der Waals surface area contributed by atoms with Gasteiger partial charge in [0.25, 0.3) is 6.71 Å². The minimum atomic E-state index is -0.102. The lowest BCUT2D eigenvalue weighted by atomic mass is 9.36. The van der Waals surface area contributed by atoms with Crippen LogP contribution in [0.2, 0.25) is 0 Å². The van der Waals surface area contributed by atoms with Crippen molar-refractivity contribution in [3.63, 3.8) is 0 Å². The number of fused-ring (bicyclic) bond motifs is 12. The van der Waals surface area contributed by atoms with Gasteiger partial charge >= 0.3 is 0 Å². The second-order valence-electron chi connectivity index (χ2n) is 26.3. The molecule has 10 aromatic rings. The molecule has 1 aliphatic carbocycles. The van der Waals surface area contributed by atoms with Crippen LogP contribution in [-0.4, -0.2) is 11.3 Å². The van der Waals surface area contributed by atoms with E-state index in [0.717, 1.165) is 11.4 Å². The SMILES string of the molecule is CC(C)(C)c1ccc(N2c3cc(-n4c5ccc(C(C)(C)C)cc5c5cc(C(C)(C)C)ccc54)ccc3B3c4sc5cc6c(cc5c4N(c4ccc(C(C)(C)C)cc4)c4cccc2c43)-c2ccccc2C6(C)C)cc1. The van der Waals surface area contributed by atoms with Gasteiger partial charge in [0.15, 0.2) is 0 Å². The molecule has 0 saturated carbocycles. The summed E-state index contributed by atoms with van der Waals surface area (Å²) in [4.78, 5) is 5.20. The molecule has 74 heavy (non-hydrogen) atoms. The smallest absolute Gasteiger partial charge is 0.264 e. The summed E-state index contributed by atoms with van der Waals surface area (Å²) in [6.45, 7) is 32.6. The number of benzene rings is 8. The standard InChI is InChI=1S/C69H68BN3S/c1-65(2,3)41-22-28-45(29-23-41)71-58-20-17-21-59-62(58)70(55-33-32-47(38-60(55)71)72-56-34-26-43(67(7,8)9)36-50(56)51-37-44(68(10,11)12)27-35-57(51)72)64-63(73(59)46-30-24-42(25-31-46)66(4,5)6)52-39-49-48-18-15-16-19-53(48)69(13,14)54(49)40-61(52)74-64/h15-40H,1-14H3. The Morgan fingerprint density at radius 3 is 1.50 bits per heavy atom. The molecule has 8 aromatic carbocycles. The fourth-order valence-corrected chi connectivity index (χ4v) is 14.1. The first-order chi connectivity index (χ1) is 35.0. The molecule has 3 aliphatic rings. The summed E-state index contributed by atoms with van der Waals surface area (Å²) < 4.78 is 5.27. The first kappa shape index (κ1) is 46.9. The molecule has 0 fully saturated rings. The number of nitrogens with zero attached hydrogens (tertiary/aromatic N) is 3. The Morgan fingerprint density at radius 1 is 0.419 bits per heavy atom. The molecular weight excluding hydrogens is 914 g/mol. The van der Waals surface area contributed by atoms with E-state index < -0.39 is 0 Å². The Hall–Kier alpha value is -6.82. The first-order valence-corrected chi connectivity index (χ1v) is 27.7. The molecule has 13 rings (SSSR count). The van der Waals surface area contributed by atoms with Crippen LogP contribution in [0, 0.1) is 0 Å². The third-order valence-electron chi connectivity index (χ3n) is 17.0. The van der Waals surface area contributed by atoms with Crippen LogP contribution < -0.4 is 25.5 Å². The zero-order valence-corrected chi connectivity index (χ0v) is 46.7. The van der Waals surface area contributed by atoms with Crippen LogP contribution in [0.3, 0.4) is 0 Å². The minimum absolute atomic E-state index is 0.00446. The zero-order chi connectivity index (χ0) is 51.8. The van der Waals surface area contributed by atoms with Gasteiger partial charge in [-0.15, -0.1) is 11.3 Å². The van der Waals surface area contributed by atoms with Crippen molar-refractivity contribution in [1.29, 1.82) is 0 Å². The van der Waals surface area contributed by atoms with Gasteiger partial charge in [0, 0.05) is 65.2 Å². The lowest BCUT2D eigenvalue weighted by molar-refractivity contribution is 0.590. The van der Waals surface area contributed by atoms with Crippen LogP contribution >= 0.6 is 11.3 Å². The van der Waals surface area contributed by atoms with Crippen LogP contribution in [0.4, 0.5) is 34.1 Å². The Balaban J connectivity index is 1.10. The molecule has 0 amide bonds. The van der Waals surface area contributed by atoms with Crippen LogP contribution in [0.1, 0.15) is 130 Å². The van der Waals surface area contributed by atoms with Crippen molar-refractivity contribution in [2.24, 2.45) is 0 Å². The number of thiophene rings is 1. The van der Waals surface area contributed by atoms with E-state index in [1.807, 2.05) is 11.3 Å². The minimum Gasteiger partial charge on any atom is -0.311 e. The van der Waals surface area contributed by atoms with Gasteiger partial charge < -0.3 is 14.4 Å². The summed E-state index contributed by atoms with van der Waals surface area (Å²) in [6, 6.07) is 61.9. The zero-order valence-electron chi connectivity index (χ0n) is 45.8. The fourth-order valence-electron chi connectivity index (χ4n) is 12.7. The fraction of sp³-hybridized carbons (Fsp3) is 0.275. The third-order valence-corrected chi connectivity index (χ3v) is 18.2. The molecule has 0 saturated heterocycles. The van der Waals surface area contributed by atoms with Gasteiger partial charge in [0.1, 0.15) is 0 Å². The summed E-state index contributed by atoms with van der Waals surface area (Å²) in [7, 11) is 0. The highest BCUT2D eigenvalue weighted by Gasteiger charge is 2.46. The van der Waals surface area contributed by atoms with Gasteiger partial charge in [0.05, 0.1) is 16.7 Å². The summed E-state index contributed by atoms with van der Waals surface area (Å²) in [5.74, 6) is 0. The van der Waals surface area contributed by atoms with Crippen molar-refractivity contribution < 1.29 is 0 Å². The highest BCUT2D eigenvalue weighted by molar-refractivity contribution is 7.33. The van der Waals surface area contributed by atoms with Gasteiger partial charge in [-0.05, 0) is 162 Å². The average Bonchev–Trinajstić information content (AvgIpc) is 3.97. The molecular formula is C69H68BN3S. The lowest BCUT2D eigenvalue weighted by Crippen LogP contribution is -2.60. The molecule has 2 aliphatic heterocycles. The summed E-state index contributed by atoms with van der Waals surface area (Å²) >= 11 is 2.00. The third kappa shape index (κ3) is 6.91. The van der Waals surface area contributed by atoms with E-state index in [0.29, 0.717) is 0 Å². The van der Waals surface area contributed by atoms with E-state index in [9.17, 15) is 0 Å². The van der Waals surface area contributed by atoms with Gasteiger partial charge in [-0.1, -0.05) is 170 Å². The number of anilines is 6. The van der Waals surface area contributed by atoms with Crippen molar-refractivity contribution in [3.8, 4) is 16.8 Å². The molecule has 4 heterocycles. The quantitative estimate of drug-likeness (QED) is 0.163. The predicted molar refractivity (Wildman–Crippen MR) is 323 cm³/mol. The highest BCUT2D eigenvalue weighted by atomic mass is 32.1. The maximum atomic E-state index is 2.62. The van der Waals surface area contributed by atoms with Crippen molar-refractivity contribution in [3.05, 3.63) is 191 Å². The van der Waals surface area contributed by atoms with Crippen LogP contribution in [-0.2, 0) is 27.1 Å². The van der Waals surface area contributed by atoms with Gasteiger partial charge in [-0.25, -0.2) is 0 Å². The summed E-state index contributed by atoms with van der Waals surface area (Å²) in [5, 5.41) is 3.92. The molecule has 0 radical (unpaired) electrons. The Morgan fingerprint density at radius 2 is 0.932 bits per heavy atom. The van der Waals surface area contributed by atoms with Crippen LogP contribution in [0.25, 0.3) is 48.7 Å². The van der Waals surface area contributed by atoms with Gasteiger partial charge in [-0.3, -0.25) is 0 Å². The van der Waals surface area contributed by atoms with Crippen LogP contribution in [0.5, 0.6) is 0 Å². The molecule has 0 bridgehead atoms. The van der Waals surface area contributed by atoms with Gasteiger partial charge in [-0.2, -0.15) is 0 Å². The second-order valence-corrected chi connectivity index (χ2v) is 27.4. The number of rotatable bonds is 3. The number of hydrogen-bond acceptors (Lipinski definition) is 3. The van der Waals surface area contributed by atoms with E-state index in [-0.39, 0.29) is 33.8 Å². The molecule has 368 valence electrons. The molecule has 0 unspecified atom stereocenters. The van der Waals surface area contributed by atoms with E-state index in [2.05, 4.69) is 269 Å². The Labute approximate surface area is 443 Å². The lowest BCUT2D eigenvalue weighted by Gasteiger charge is -2.43. The second kappa shape index (κ2) is 15.6. The van der Waals surface area contributed by atoms with Crippen molar-refractivity contribution in [2.75, 3.05) is 9.80 Å². The Bertz CT molecular complexity index is 3900. The van der Waals surface area contributed by atoms with Crippen molar-refractivity contribution in [2.45, 2.75) is 124 Å². The Kier molecular flexibility index (Phi) is 9.91. The predicted octanol–water partition coefficient (Wildman–Crippen LogP) is 17.6. The molecule has 0 atom stereocenters. The molecule has 5 heteroatoms. The van der Waals surface area contributed by atoms with Crippen LogP contribution in [0.15, 0.2) is 158 Å². The van der Waals surface area contributed by atoms with Gasteiger partial charge in [0.2, 0.25) is 0 Å². The van der Waals surface area contributed by atoms with E-state index >= 15 is 0 Å². The first-order valence-electron chi connectivity index (χ1n) is 26.9. The number of hydrogen-bond donors (Lipinski definition) is 0. The monoisotopic (exact) mass is 982 g/mol. The average molecular weight is 982 g/mol. The van der Waals surface area contributed by atoms with E-state index in [1.54, 1.807) is 0 Å². The molecule has 2 aromatic heterocycles. The molecule has 0 N–H and O–H groups in total. The van der Waals surface area contributed by atoms with E-state index in [1.165, 1.54) is 121 Å². The largest absolute Gasteiger partial charge is 0.311 e. The maximum Gasteiger partial charge on any atom is 0.264 e. The number of aromatic nitrogens is 1. The molecule has 3 nitrogen and oxygen atoms in total. The van der Waals surface area contributed by atoms with Crippen molar-refractivity contribution in [1.82, 2.24) is 4.57 Å². The maximum absolute atomic E-state index is 2.62. The highest BCUT2D eigenvalue weighted by Crippen LogP contribution is 2.54. The topological polar surface area (TPSA) is 11.4 Å². The summed E-state index contributed by atoms with van der Waals surface area (Å²) in [6.07, 6.45) is 0. The normalized spacial score (nSPS) is 14.9. The van der Waals surface area contributed by atoms with E-state index in [4.69, 9.17) is 0 Å². The molecule has 0 spiro atoms.